The summed E-state index contributed by atoms with van der Waals surface area (Å²) < 4.78 is 10.3. The van der Waals surface area contributed by atoms with Gasteiger partial charge in [0.05, 0.1) is 13.0 Å². The normalized spacial score (nSPS) is 13.2. The second kappa shape index (κ2) is 13.4. The summed E-state index contributed by atoms with van der Waals surface area (Å²) in [6.45, 7) is 18.3. The lowest BCUT2D eigenvalue weighted by Crippen LogP contribution is -2.58. The van der Waals surface area contributed by atoms with Gasteiger partial charge in [-0.3, -0.25) is 14.4 Å². The Balaban J connectivity index is 3.47. The third kappa shape index (κ3) is 9.70. The van der Waals surface area contributed by atoms with Crippen molar-refractivity contribution in [2.24, 2.45) is 0 Å². The minimum Gasteiger partial charge on any atom is -0.466 e. The van der Waals surface area contributed by atoms with Crippen LogP contribution in [0.2, 0.25) is 0 Å². The fourth-order valence-electron chi connectivity index (χ4n) is 3.77. The average molecular weight is 520 g/mol. The topological polar surface area (TPSA) is 114 Å². The number of carbonyl (C=O) groups is 4. The van der Waals surface area contributed by atoms with Crippen molar-refractivity contribution < 1.29 is 28.7 Å². The highest BCUT2D eigenvalue weighted by atomic mass is 16.6. The number of benzene rings is 1. The molecule has 0 aliphatic carbocycles. The zero-order chi connectivity index (χ0) is 28.6. The largest absolute Gasteiger partial charge is 0.466 e. The van der Waals surface area contributed by atoms with Crippen molar-refractivity contribution >= 4 is 23.9 Å². The molecule has 0 saturated heterocycles. The molecule has 0 spiro atoms. The molecule has 0 aliphatic heterocycles. The van der Waals surface area contributed by atoms with E-state index in [9.17, 15) is 19.2 Å². The maximum atomic E-state index is 13.9. The highest BCUT2D eigenvalue weighted by molar-refractivity contribution is 5.92. The lowest BCUT2D eigenvalue weighted by Gasteiger charge is -2.44. The first kappa shape index (κ1) is 31.9. The van der Waals surface area contributed by atoms with Crippen LogP contribution < -0.4 is 10.6 Å². The molecule has 1 rings (SSSR count). The summed E-state index contributed by atoms with van der Waals surface area (Å²) in [5, 5.41) is 5.42. The second-order valence-corrected chi connectivity index (χ2v) is 10.9. The number of aryl methyl sites for hydroxylation is 2. The summed E-state index contributed by atoms with van der Waals surface area (Å²) >= 11 is 0. The molecule has 0 fully saturated rings. The number of amides is 3. The van der Waals surface area contributed by atoms with Crippen molar-refractivity contribution in [3.63, 3.8) is 0 Å². The van der Waals surface area contributed by atoms with E-state index in [2.05, 4.69) is 10.6 Å². The van der Waals surface area contributed by atoms with Crippen molar-refractivity contribution in [3.8, 4) is 0 Å². The molecule has 0 saturated carbocycles. The monoisotopic (exact) mass is 519 g/mol. The van der Waals surface area contributed by atoms with Crippen molar-refractivity contribution in [2.75, 3.05) is 13.2 Å². The summed E-state index contributed by atoms with van der Waals surface area (Å²) in [6, 6.07) is 3.79. The number of alkyl carbamates (subject to hydrolysis) is 1. The van der Waals surface area contributed by atoms with E-state index in [-0.39, 0.29) is 19.6 Å². The predicted octanol–water partition coefficient (Wildman–Crippen LogP) is 4.34. The number of hydrogen-bond acceptors (Lipinski definition) is 6. The average Bonchev–Trinajstić information content (AvgIpc) is 2.77. The van der Waals surface area contributed by atoms with Gasteiger partial charge in [0.2, 0.25) is 11.8 Å². The van der Waals surface area contributed by atoms with Crippen LogP contribution in [-0.4, -0.2) is 59.1 Å². The van der Waals surface area contributed by atoms with Gasteiger partial charge in [-0.05, 0) is 79.9 Å². The number of ether oxygens (including phenoxy) is 2. The smallest absolute Gasteiger partial charge is 0.408 e. The number of rotatable bonds is 11. The minimum atomic E-state index is -0.993. The maximum Gasteiger partial charge on any atom is 0.408 e. The van der Waals surface area contributed by atoms with E-state index in [1.807, 2.05) is 52.8 Å². The first-order valence-corrected chi connectivity index (χ1v) is 12.9. The Morgan fingerprint density at radius 2 is 1.65 bits per heavy atom. The van der Waals surface area contributed by atoms with E-state index in [1.165, 1.54) is 4.90 Å². The number of nitrogens with zero attached hydrogens (tertiary/aromatic N) is 1. The first-order chi connectivity index (χ1) is 17.0. The predicted molar refractivity (Wildman–Crippen MR) is 143 cm³/mol. The maximum absolute atomic E-state index is 13.9. The fourth-order valence-corrected chi connectivity index (χ4v) is 3.77. The highest BCUT2D eigenvalue weighted by Gasteiger charge is 2.42. The Morgan fingerprint density at radius 3 is 2.19 bits per heavy atom. The zero-order valence-electron chi connectivity index (χ0n) is 24.1. The Hall–Kier alpha value is -3.10. The standard InChI is InChI=1S/C28H45N3O6/c1-11-28(9,10)31(25(34)20(5)30-26(35)37-27(6,7)8)23(21-17-18(3)13-14-19(21)4)24(33)29-16-15-22(32)36-12-2/h13-14,17,20,23H,11-12,15-16H2,1-10H3,(H,29,33)(H,30,35). The van der Waals surface area contributed by atoms with Crippen LogP contribution in [0.1, 0.15) is 91.0 Å². The van der Waals surface area contributed by atoms with Gasteiger partial charge in [-0.15, -0.1) is 0 Å². The number of esters is 1. The van der Waals surface area contributed by atoms with E-state index in [0.29, 0.717) is 12.0 Å². The Morgan fingerprint density at radius 1 is 1.03 bits per heavy atom. The van der Waals surface area contributed by atoms with Gasteiger partial charge in [0.1, 0.15) is 17.7 Å². The summed E-state index contributed by atoms with van der Waals surface area (Å²) in [5.74, 6) is -1.26. The quantitative estimate of drug-likeness (QED) is 0.420. The molecule has 3 amide bonds. The van der Waals surface area contributed by atoms with Gasteiger partial charge in [0, 0.05) is 12.1 Å². The van der Waals surface area contributed by atoms with E-state index in [4.69, 9.17) is 9.47 Å². The lowest BCUT2D eigenvalue weighted by atomic mass is 9.90. The second-order valence-electron chi connectivity index (χ2n) is 10.9. The molecule has 1 aromatic carbocycles. The third-order valence-corrected chi connectivity index (χ3v) is 6.03. The van der Waals surface area contributed by atoms with E-state index >= 15 is 0 Å². The lowest BCUT2D eigenvalue weighted by molar-refractivity contribution is -0.149. The molecule has 2 unspecified atom stereocenters. The number of nitrogens with one attached hydrogen (secondary N) is 2. The van der Waals surface area contributed by atoms with Gasteiger partial charge >= 0.3 is 12.1 Å². The summed E-state index contributed by atoms with van der Waals surface area (Å²) in [5.41, 5.74) is 0.975. The molecule has 208 valence electrons. The molecule has 0 aliphatic rings. The molecule has 0 bridgehead atoms. The van der Waals surface area contributed by atoms with Crippen LogP contribution in [0.4, 0.5) is 4.79 Å². The van der Waals surface area contributed by atoms with E-state index in [1.54, 1.807) is 34.6 Å². The van der Waals surface area contributed by atoms with Crippen LogP contribution in [0, 0.1) is 13.8 Å². The van der Waals surface area contributed by atoms with Crippen LogP contribution in [0.3, 0.4) is 0 Å². The van der Waals surface area contributed by atoms with E-state index < -0.39 is 47.1 Å². The molecule has 2 N–H and O–H groups in total. The molecule has 37 heavy (non-hydrogen) atoms. The minimum absolute atomic E-state index is 0.0147. The summed E-state index contributed by atoms with van der Waals surface area (Å²) in [4.78, 5) is 53.4. The van der Waals surface area contributed by atoms with Gasteiger partial charge in [0.15, 0.2) is 0 Å². The molecular formula is C28H45N3O6. The van der Waals surface area contributed by atoms with Crippen molar-refractivity contribution in [3.05, 3.63) is 34.9 Å². The van der Waals surface area contributed by atoms with Crippen molar-refractivity contribution in [1.29, 1.82) is 0 Å². The molecule has 9 nitrogen and oxygen atoms in total. The summed E-state index contributed by atoms with van der Waals surface area (Å²) in [7, 11) is 0. The molecule has 0 radical (unpaired) electrons. The van der Waals surface area contributed by atoms with Gasteiger partial charge in [-0.1, -0.05) is 30.7 Å². The molecule has 2 atom stereocenters. The van der Waals surface area contributed by atoms with Crippen molar-refractivity contribution in [1.82, 2.24) is 15.5 Å². The van der Waals surface area contributed by atoms with Gasteiger partial charge < -0.3 is 25.0 Å². The highest BCUT2D eigenvalue weighted by Crippen LogP contribution is 2.34. The SMILES string of the molecule is CCOC(=O)CCNC(=O)C(c1cc(C)ccc1C)N(C(=O)C(C)NC(=O)OC(C)(C)C)C(C)(C)CC. The molecule has 1 aromatic rings. The van der Waals surface area contributed by atoms with Crippen LogP contribution in [-0.2, 0) is 23.9 Å². The molecule has 0 heterocycles. The Labute approximate surface area is 221 Å². The van der Waals surface area contributed by atoms with Crippen LogP contribution in [0.25, 0.3) is 0 Å². The van der Waals surface area contributed by atoms with Crippen molar-refractivity contribution in [2.45, 2.75) is 105 Å². The number of carbonyl (C=O) groups excluding carboxylic acids is 4. The van der Waals surface area contributed by atoms with E-state index in [0.717, 1.165) is 11.1 Å². The zero-order valence-corrected chi connectivity index (χ0v) is 24.1. The van der Waals surface area contributed by atoms with Crippen LogP contribution in [0.15, 0.2) is 18.2 Å². The third-order valence-electron chi connectivity index (χ3n) is 6.03. The summed E-state index contributed by atoms with van der Waals surface area (Å²) in [6.07, 6.45) is -0.152. The molecule has 9 heteroatoms. The first-order valence-electron chi connectivity index (χ1n) is 12.9. The van der Waals surface area contributed by atoms with Gasteiger partial charge in [-0.2, -0.15) is 0 Å². The van der Waals surface area contributed by atoms with Crippen LogP contribution >= 0.6 is 0 Å². The molecular weight excluding hydrogens is 474 g/mol. The Kier molecular flexibility index (Phi) is 11.6. The molecule has 0 aromatic heterocycles. The van der Waals surface area contributed by atoms with Gasteiger partial charge in [-0.25, -0.2) is 4.79 Å². The van der Waals surface area contributed by atoms with Gasteiger partial charge in [0.25, 0.3) is 0 Å². The van der Waals surface area contributed by atoms with Crippen LogP contribution in [0.5, 0.6) is 0 Å². The number of hydrogen-bond donors (Lipinski definition) is 2. The Bertz CT molecular complexity index is 967. The fraction of sp³-hybridized carbons (Fsp3) is 0.643.